The van der Waals surface area contributed by atoms with Gasteiger partial charge in [0.2, 0.25) is 0 Å². The quantitative estimate of drug-likeness (QED) is 0.297. The molecule has 2 aromatic carbocycles. The number of fused-ring (bicyclic) bond motifs is 1. The lowest BCUT2D eigenvalue weighted by atomic mass is 10.0. The highest BCUT2D eigenvalue weighted by molar-refractivity contribution is 8.18. The van der Waals surface area contributed by atoms with Crippen LogP contribution in [0.3, 0.4) is 0 Å². The fourth-order valence-electron chi connectivity index (χ4n) is 4.71. The Morgan fingerprint density at radius 3 is 2.55 bits per heavy atom. The zero-order valence-corrected chi connectivity index (χ0v) is 22.1. The molecule has 2 fully saturated rings. The van der Waals surface area contributed by atoms with Crippen molar-refractivity contribution in [3.8, 4) is 0 Å². The second-order valence-electron chi connectivity index (χ2n) is 9.48. The Morgan fingerprint density at radius 2 is 1.86 bits per heavy atom. The molecule has 0 aliphatic carbocycles. The molecule has 0 unspecified atom stereocenters. The van der Waals surface area contributed by atoms with Crippen LogP contribution in [-0.2, 0) is 28.4 Å². The van der Waals surface area contributed by atoms with Crippen molar-refractivity contribution in [2.24, 2.45) is 0 Å². The van der Waals surface area contributed by atoms with Gasteiger partial charge < -0.3 is 9.84 Å². The SMILES string of the molecule is O=C1S/C(=C\c2ccc3c(cnn3Cc3ccc(C(F)(F)F)cc3C(F)(F)F)c2)C(=O)N1C[C@@H]1COCCN1C(=O)O. The number of rotatable bonds is 5. The summed E-state index contributed by atoms with van der Waals surface area (Å²) in [5.41, 5.74) is -2.36. The van der Waals surface area contributed by atoms with E-state index in [0.717, 1.165) is 15.9 Å². The van der Waals surface area contributed by atoms with E-state index in [1.165, 1.54) is 23.0 Å². The van der Waals surface area contributed by atoms with Crippen LogP contribution in [0.5, 0.6) is 0 Å². The zero-order valence-electron chi connectivity index (χ0n) is 21.3. The third kappa shape index (κ3) is 5.94. The number of nitrogens with zero attached hydrogens (tertiary/aromatic N) is 4. The molecule has 2 aliphatic heterocycles. The molecule has 0 bridgehead atoms. The van der Waals surface area contributed by atoms with Crippen LogP contribution >= 0.6 is 11.8 Å². The Hall–Kier alpha value is -4.05. The van der Waals surface area contributed by atoms with Crippen molar-refractivity contribution in [2.45, 2.75) is 24.9 Å². The summed E-state index contributed by atoms with van der Waals surface area (Å²) in [4.78, 5) is 39.2. The van der Waals surface area contributed by atoms with Crippen LogP contribution in [-0.4, -0.2) is 74.3 Å². The van der Waals surface area contributed by atoms with Crippen LogP contribution < -0.4 is 0 Å². The highest BCUT2D eigenvalue weighted by Crippen LogP contribution is 2.38. The molecule has 42 heavy (non-hydrogen) atoms. The highest BCUT2D eigenvalue weighted by atomic mass is 32.2. The van der Waals surface area contributed by atoms with E-state index in [-0.39, 0.29) is 37.3 Å². The molecule has 0 saturated carbocycles. The average molecular weight is 615 g/mol. The van der Waals surface area contributed by atoms with Crippen LogP contribution in [0.25, 0.3) is 17.0 Å². The maximum atomic E-state index is 13.6. The van der Waals surface area contributed by atoms with Gasteiger partial charge in [-0.25, -0.2) is 4.79 Å². The number of alkyl halides is 6. The first-order chi connectivity index (χ1) is 19.7. The number of carboxylic acid groups (broad SMARTS) is 1. The van der Waals surface area contributed by atoms with Gasteiger partial charge in [0.05, 0.1) is 60.1 Å². The molecular weight excluding hydrogens is 594 g/mol. The average Bonchev–Trinajstić information content (AvgIpc) is 3.42. The largest absolute Gasteiger partial charge is 0.465 e. The first-order valence-electron chi connectivity index (χ1n) is 12.3. The summed E-state index contributed by atoms with van der Waals surface area (Å²) in [6.45, 7) is -0.283. The van der Waals surface area contributed by atoms with Gasteiger partial charge in [-0.05, 0) is 53.2 Å². The third-order valence-electron chi connectivity index (χ3n) is 6.77. The van der Waals surface area contributed by atoms with E-state index in [9.17, 15) is 45.8 Å². The molecule has 5 rings (SSSR count). The minimum absolute atomic E-state index is 0.0324. The second-order valence-corrected chi connectivity index (χ2v) is 10.5. The third-order valence-corrected chi connectivity index (χ3v) is 7.67. The van der Waals surface area contributed by atoms with Gasteiger partial charge in [0.1, 0.15) is 0 Å². The van der Waals surface area contributed by atoms with Crippen LogP contribution in [0.1, 0.15) is 22.3 Å². The second kappa shape index (κ2) is 11.0. The van der Waals surface area contributed by atoms with E-state index in [0.29, 0.717) is 34.3 Å². The fraction of sp³-hybridized carbons (Fsp3) is 0.308. The number of aromatic nitrogens is 2. The maximum absolute atomic E-state index is 13.6. The number of amides is 3. The van der Waals surface area contributed by atoms with Gasteiger partial charge in [0.15, 0.2) is 0 Å². The summed E-state index contributed by atoms with van der Waals surface area (Å²) in [6.07, 6.45) is -8.34. The summed E-state index contributed by atoms with van der Waals surface area (Å²) < 4.78 is 86.3. The Kier molecular flexibility index (Phi) is 7.70. The molecule has 1 aromatic heterocycles. The maximum Gasteiger partial charge on any atom is 0.416 e. The van der Waals surface area contributed by atoms with Gasteiger partial charge in [-0.2, -0.15) is 31.4 Å². The van der Waals surface area contributed by atoms with Crippen molar-refractivity contribution < 1.29 is 50.6 Å². The predicted molar refractivity (Wildman–Crippen MR) is 137 cm³/mol. The number of ether oxygens (including phenoxy) is 1. The highest BCUT2D eigenvalue weighted by Gasteiger charge is 2.40. The standard InChI is InChI=1S/C26H20F6N4O5S/c27-25(28,29)17-3-2-15(19(9-17)26(30,31)32)11-36-20-4-1-14(7-16(20)10-33-36)8-21-22(37)35(24(40)42-21)12-18-13-41-6-5-34(18)23(38)39/h1-4,7-10,18H,5-6,11-13H2,(H,38,39)/b21-8-/t18-/m1/s1. The van der Waals surface area contributed by atoms with E-state index >= 15 is 0 Å². The smallest absolute Gasteiger partial charge is 0.416 e. The summed E-state index contributed by atoms with van der Waals surface area (Å²) in [7, 11) is 0. The van der Waals surface area contributed by atoms with Crippen molar-refractivity contribution in [3.63, 3.8) is 0 Å². The molecule has 9 nitrogen and oxygen atoms in total. The van der Waals surface area contributed by atoms with Crippen molar-refractivity contribution in [2.75, 3.05) is 26.3 Å². The van der Waals surface area contributed by atoms with E-state index in [1.807, 2.05) is 0 Å². The lowest BCUT2D eigenvalue weighted by Crippen LogP contribution is -2.53. The molecule has 0 radical (unpaired) electrons. The van der Waals surface area contributed by atoms with Gasteiger partial charge >= 0.3 is 18.4 Å². The topological polar surface area (TPSA) is 105 Å². The molecule has 1 N–H and O–H groups in total. The molecule has 3 heterocycles. The Bertz CT molecular complexity index is 1600. The molecule has 0 spiro atoms. The first kappa shape index (κ1) is 29.4. The Morgan fingerprint density at radius 1 is 1.10 bits per heavy atom. The van der Waals surface area contributed by atoms with Gasteiger partial charge in [-0.3, -0.25) is 24.1 Å². The monoisotopic (exact) mass is 614 g/mol. The molecule has 16 heteroatoms. The number of imide groups is 1. The number of hydrogen-bond donors (Lipinski definition) is 1. The molecule has 2 aliphatic rings. The molecular formula is C26H20F6N4O5S. The molecule has 2 saturated heterocycles. The van der Waals surface area contributed by atoms with Gasteiger partial charge in [-0.15, -0.1) is 0 Å². The number of carbonyl (C=O) groups excluding carboxylic acids is 2. The van der Waals surface area contributed by atoms with Gasteiger partial charge in [0, 0.05) is 11.9 Å². The number of hydrogen-bond acceptors (Lipinski definition) is 6. The van der Waals surface area contributed by atoms with Crippen molar-refractivity contribution in [3.05, 3.63) is 69.8 Å². The lowest BCUT2D eigenvalue weighted by Gasteiger charge is -2.34. The van der Waals surface area contributed by atoms with Crippen molar-refractivity contribution >= 4 is 46.0 Å². The Labute approximate surface area is 237 Å². The van der Waals surface area contributed by atoms with Crippen LogP contribution in [0.15, 0.2) is 47.5 Å². The van der Waals surface area contributed by atoms with E-state index in [2.05, 4.69) is 5.10 Å². The van der Waals surface area contributed by atoms with E-state index < -0.39 is 58.9 Å². The summed E-state index contributed by atoms with van der Waals surface area (Å²) in [6, 6.07) is 5.39. The number of benzene rings is 2. The van der Waals surface area contributed by atoms with Crippen molar-refractivity contribution in [1.29, 1.82) is 0 Å². The summed E-state index contributed by atoms with van der Waals surface area (Å²) >= 11 is 0.678. The number of carbonyl (C=O) groups is 3. The number of morpholine rings is 1. The number of halogens is 6. The lowest BCUT2D eigenvalue weighted by molar-refractivity contribution is -0.143. The fourth-order valence-corrected chi connectivity index (χ4v) is 5.56. The number of thioether (sulfide) groups is 1. The minimum Gasteiger partial charge on any atom is -0.465 e. The zero-order chi connectivity index (χ0) is 30.4. The van der Waals surface area contributed by atoms with Gasteiger partial charge in [0.25, 0.3) is 11.1 Å². The van der Waals surface area contributed by atoms with Crippen molar-refractivity contribution in [1.82, 2.24) is 19.6 Å². The predicted octanol–water partition coefficient (Wildman–Crippen LogP) is 5.54. The molecule has 1 atom stereocenters. The first-order valence-corrected chi connectivity index (χ1v) is 13.1. The summed E-state index contributed by atoms with van der Waals surface area (Å²) in [5, 5.41) is 13.4. The van der Waals surface area contributed by atoms with E-state index in [1.54, 1.807) is 12.1 Å². The van der Waals surface area contributed by atoms with Crippen LogP contribution in [0.4, 0.5) is 35.9 Å². The Balaban J connectivity index is 1.36. The summed E-state index contributed by atoms with van der Waals surface area (Å²) in [5.74, 6) is -0.612. The molecule has 222 valence electrons. The van der Waals surface area contributed by atoms with Crippen LogP contribution in [0, 0.1) is 0 Å². The van der Waals surface area contributed by atoms with E-state index in [4.69, 9.17) is 4.74 Å². The molecule has 3 aromatic rings. The minimum atomic E-state index is -5.02. The van der Waals surface area contributed by atoms with Crippen LogP contribution in [0.2, 0.25) is 0 Å². The normalized spacial score (nSPS) is 19.4. The molecule has 3 amide bonds. The van der Waals surface area contributed by atoms with Gasteiger partial charge in [-0.1, -0.05) is 12.1 Å².